The third-order valence-electron chi connectivity index (χ3n) is 2.56. The predicted molar refractivity (Wildman–Crippen MR) is 56.0 cm³/mol. The van der Waals surface area contributed by atoms with Crippen LogP contribution in [0.4, 0.5) is 5.69 Å². The van der Waals surface area contributed by atoms with E-state index in [0.29, 0.717) is 0 Å². The Morgan fingerprint density at radius 2 is 2.23 bits per heavy atom. The molecule has 1 aromatic rings. The molecular weight excluding hydrogens is 160 g/mol. The van der Waals surface area contributed by atoms with Crippen LogP contribution in [0.25, 0.3) is 0 Å². The van der Waals surface area contributed by atoms with Crippen LogP contribution in [0, 0.1) is 0 Å². The number of nitrogens with zero attached hydrogens (tertiary/aromatic N) is 1. The molecule has 1 aliphatic heterocycles. The Balaban J connectivity index is 2.26. The van der Waals surface area contributed by atoms with Crippen molar-refractivity contribution in [2.45, 2.75) is 12.8 Å². The quantitative estimate of drug-likeness (QED) is 0.736. The molecule has 0 saturated heterocycles. The first-order valence-electron chi connectivity index (χ1n) is 4.89. The van der Waals surface area contributed by atoms with Gasteiger partial charge < -0.3 is 10.2 Å². The molecule has 0 aromatic heterocycles. The molecule has 0 bridgehead atoms. The van der Waals surface area contributed by atoms with E-state index in [2.05, 4.69) is 34.5 Å². The van der Waals surface area contributed by atoms with Crippen molar-refractivity contribution in [3.05, 3.63) is 29.8 Å². The van der Waals surface area contributed by atoms with Gasteiger partial charge in [-0.3, -0.25) is 0 Å². The summed E-state index contributed by atoms with van der Waals surface area (Å²) in [5.41, 5.74) is 2.90. The largest absolute Gasteiger partial charge is 0.359 e. The third-order valence-corrected chi connectivity index (χ3v) is 2.56. The second-order valence-corrected chi connectivity index (χ2v) is 3.51. The van der Waals surface area contributed by atoms with Gasteiger partial charge in [0.25, 0.3) is 0 Å². The highest BCUT2D eigenvalue weighted by molar-refractivity contribution is 5.55. The molecule has 2 nitrogen and oxygen atoms in total. The van der Waals surface area contributed by atoms with Crippen LogP contribution in [0.2, 0.25) is 0 Å². The number of nitrogens with one attached hydrogen (secondary N) is 1. The van der Waals surface area contributed by atoms with Crippen LogP contribution < -0.4 is 10.2 Å². The molecule has 0 aliphatic carbocycles. The molecule has 0 fully saturated rings. The first-order valence-corrected chi connectivity index (χ1v) is 4.89. The Morgan fingerprint density at radius 3 is 3.08 bits per heavy atom. The summed E-state index contributed by atoms with van der Waals surface area (Å²) in [6.45, 7) is 2.13. The van der Waals surface area contributed by atoms with Crippen LogP contribution in [0.15, 0.2) is 24.3 Å². The lowest BCUT2D eigenvalue weighted by Crippen LogP contribution is -2.36. The highest BCUT2D eigenvalue weighted by Gasteiger charge is 2.14. The summed E-state index contributed by atoms with van der Waals surface area (Å²) in [6.07, 6.45) is 2.51. The second kappa shape index (κ2) is 3.79. The van der Waals surface area contributed by atoms with E-state index >= 15 is 0 Å². The minimum absolute atomic E-state index is 0.955. The lowest BCUT2D eigenvalue weighted by atomic mass is 10.0. The van der Waals surface area contributed by atoms with E-state index in [1.54, 1.807) is 0 Å². The molecule has 0 amide bonds. The third kappa shape index (κ3) is 1.68. The van der Waals surface area contributed by atoms with E-state index in [-0.39, 0.29) is 0 Å². The first kappa shape index (κ1) is 8.57. The van der Waals surface area contributed by atoms with E-state index < -0.39 is 0 Å². The average molecular weight is 176 g/mol. The summed E-state index contributed by atoms with van der Waals surface area (Å²) in [5.74, 6) is 0. The van der Waals surface area contributed by atoms with Crippen LogP contribution in [-0.4, -0.2) is 20.3 Å². The van der Waals surface area contributed by atoms with Crippen molar-refractivity contribution in [3.63, 3.8) is 0 Å². The van der Waals surface area contributed by atoms with Crippen LogP contribution >= 0.6 is 0 Å². The summed E-state index contributed by atoms with van der Waals surface area (Å²) in [4.78, 5) is 2.40. The zero-order valence-electron chi connectivity index (χ0n) is 8.09. The van der Waals surface area contributed by atoms with Crippen LogP contribution in [0.3, 0.4) is 0 Å². The molecule has 1 N–H and O–H groups in total. The van der Waals surface area contributed by atoms with Gasteiger partial charge in [0.05, 0.1) is 6.67 Å². The number of hydrogen-bond acceptors (Lipinski definition) is 2. The van der Waals surface area contributed by atoms with Gasteiger partial charge in [0.2, 0.25) is 0 Å². The van der Waals surface area contributed by atoms with E-state index in [0.717, 1.165) is 6.67 Å². The lowest BCUT2D eigenvalue weighted by molar-refractivity contribution is 0.653. The van der Waals surface area contributed by atoms with E-state index in [1.165, 1.54) is 30.6 Å². The van der Waals surface area contributed by atoms with Crippen LogP contribution in [-0.2, 0) is 6.42 Å². The van der Waals surface area contributed by atoms with Gasteiger partial charge in [-0.25, -0.2) is 0 Å². The minimum Gasteiger partial charge on any atom is -0.359 e. The van der Waals surface area contributed by atoms with Crippen molar-refractivity contribution in [1.82, 2.24) is 5.32 Å². The summed E-state index contributed by atoms with van der Waals surface area (Å²) < 4.78 is 0. The molecule has 70 valence electrons. The molecular formula is C11H16N2. The zero-order valence-corrected chi connectivity index (χ0v) is 8.09. The standard InChI is InChI=1S/C11H16N2/c1-12-9-13-8-4-6-10-5-2-3-7-11(10)13/h2-3,5,7,12H,4,6,8-9H2,1H3. The Morgan fingerprint density at radius 1 is 1.38 bits per heavy atom. The van der Waals surface area contributed by atoms with Gasteiger partial charge in [-0.1, -0.05) is 18.2 Å². The van der Waals surface area contributed by atoms with Crippen molar-refractivity contribution in [1.29, 1.82) is 0 Å². The zero-order chi connectivity index (χ0) is 9.10. The van der Waals surface area contributed by atoms with Crippen molar-refractivity contribution in [3.8, 4) is 0 Å². The maximum atomic E-state index is 3.20. The smallest absolute Gasteiger partial charge is 0.0679 e. The number of benzene rings is 1. The maximum absolute atomic E-state index is 3.20. The second-order valence-electron chi connectivity index (χ2n) is 3.51. The Hall–Kier alpha value is -1.02. The summed E-state index contributed by atoms with van der Waals surface area (Å²) >= 11 is 0. The number of hydrogen-bond donors (Lipinski definition) is 1. The minimum atomic E-state index is 0.955. The van der Waals surface area contributed by atoms with Crippen molar-refractivity contribution in [2.24, 2.45) is 0 Å². The lowest BCUT2D eigenvalue weighted by Gasteiger charge is -2.30. The van der Waals surface area contributed by atoms with Gasteiger partial charge in [0, 0.05) is 12.2 Å². The monoisotopic (exact) mass is 176 g/mol. The molecule has 1 heterocycles. The molecule has 0 unspecified atom stereocenters. The van der Waals surface area contributed by atoms with Crippen LogP contribution in [0.1, 0.15) is 12.0 Å². The van der Waals surface area contributed by atoms with Gasteiger partial charge in [0.15, 0.2) is 0 Å². The fraction of sp³-hybridized carbons (Fsp3) is 0.455. The number of anilines is 1. The van der Waals surface area contributed by atoms with Gasteiger partial charge in [0.1, 0.15) is 0 Å². The van der Waals surface area contributed by atoms with Gasteiger partial charge >= 0.3 is 0 Å². The highest BCUT2D eigenvalue weighted by atomic mass is 15.2. The van der Waals surface area contributed by atoms with E-state index in [1.807, 2.05) is 7.05 Å². The van der Waals surface area contributed by atoms with Gasteiger partial charge in [-0.05, 0) is 31.5 Å². The molecule has 13 heavy (non-hydrogen) atoms. The normalized spacial score (nSPS) is 15.6. The number of para-hydroxylation sites is 1. The summed E-state index contributed by atoms with van der Waals surface area (Å²) in [7, 11) is 2.00. The fourth-order valence-electron chi connectivity index (χ4n) is 1.97. The van der Waals surface area contributed by atoms with E-state index in [4.69, 9.17) is 0 Å². The average Bonchev–Trinajstić information content (AvgIpc) is 2.19. The summed E-state index contributed by atoms with van der Waals surface area (Å²) in [5, 5.41) is 3.20. The van der Waals surface area contributed by atoms with Gasteiger partial charge in [-0.2, -0.15) is 0 Å². The Kier molecular flexibility index (Phi) is 2.50. The SMILES string of the molecule is CNCN1CCCc2ccccc21. The fourth-order valence-corrected chi connectivity index (χ4v) is 1.97. The molecule has 0 radical (unpaired) electrons. The first-order chi connectivity index (χ1) is 6.42. The molecule has 0 saturated carbocycles. The molecule has 2 heteroatoms. The molecule has 0 spiro atoms. The Bertz CT molecular complexity index is 283. The molecule has 1 aliphatic rings. The van der Waals surface area contributed by atoms with Gasteiger partial charge in [-0.15, -0.1) is 0 Å². The number of rotatable bonds is 2. The summed E-state index contributed by atoms with van der Waals surface area (Å²) in [6, 6.07) is 8.69. The maximum Gasteiger partial charge on any atom is 0.0679 e. The Labute approximate surface area is 79.6 Å². The number of fused-ring (bicyclic) bond motifs is 1. The van der Waals surface area contributed by atoms with E-state index in [9.17, 15) is 0 Å². The van der Waals surface area contributed by atoms with Crippen molar-refractivity contribution >= 4 is 5.69 Å². The molecule has 1 aromatic carbocycles. The molecule has 2 rings (SSSR count). The van der Waals surface area contributed by atoms with Crippen LogP contribution in [0.5, 0.6) is 0 Å². The predicted octanol–water partition coefficient (Wildman–Crippen LogP) is 1.62. The highest BCUT2D eigenvalue weighted by Crippen LogP contribution is 2.25. The molecule has 0 atom stereocenters. The van der Waals surface area contributed by atoms with Crippen molar-refractivity contribution in [2.75, 3.05) is 25.2 Å². The topological polar surface area (TPSA) is 15.3 Å². The number of aryl methyl sites for hydroxylation is 1. The van der Waals surface area contributed by atoms with Crippen molar-refractivity contribution < 1.29 is 0 Å².